The molecule has 4 N–H and O–H groups in total. The highest BCUT2D eigenvalue weighted by Crippen LogP contribution is 2.35. The molecule has 2 aliphatic rings. The Bertz CT molecular complexity index is 1250. The average molecular weight is 441 g/mol. The fourth-order valence-corrected chi connectivity index (χ4v) is 3.54. The SMILES string of the molecule is Nc1ccccc1NC(=O)c1ccc(/C=C(\C(=O)NC2CC2)c2ccc3c(c2)OCO3)cc1. The van der Waals surface area contributed by atoms with E-state index in [0.717, 1.165) is 24.0 Å². The van der Waals surface area contributed by atoms with Gasteiger partial charge in [-0.2, -0.15) is 0 Å². The molecule has 3 aromatic carbocycles. The molecule has 0 atom stereocenters. The van der Waals surface area contributed by atoms with Gasteiger partial charge in [-0.1, -0.05) is 30.3 Å². The van der Waals surface area contributed by atoms with Gasteiger partial charge < -0.3 is 25.8 Å². The van der Waals surface area contributed by atoms with E-state index >= 15 is 0 Å². The van der Waals surface area contributed by atoms with Gasteiger partial charge in [0.05, 0.1) is 11.4 Å². The number of carbonyl (C=O) groups excluding carboxylic acids is 2. The predicted octanol–water partition coefficient (Wildman–Crippen LogP) is 4.07. The Labute approximate surface area is 191 Å². The Morgan fingerprint density at radius 3 is 2.39 bits per heavy atom. The lowest BCUT2D eigenvalue weighted by Crippen LogP contribution is -2.26. The molecule has 0 saturated heterocycles. The molecule has 5 rings (SSSR count). The number of nitrogens with one attached hydrogen (secondary N) is 2. The number of amides is 2. The van der Waals surface area contributed by atoms with E-state index in [2.05, 4.69) is 10.6 Å². The number of benzene rings is 3. The molecule has 2 amide bonds. The first-order valence-electron chi connectivity index (χ1n) is 10.8. The van der Waals surface area contributed by atoms with Gasteiger partial charge in [-0.05, 0) is 66.4 Å². The second-order valence-corrected chi connectivity index (χ2v) is 8.04. The highest BCUT2D eigenvalue weighted by molar-refractivity contribution is 6.24. The number of rotatable bonds is 6. The second kappa shape index (κ2) is 8.70. The van der Waals surface area contributed by atoms with Gasteiger partial charge in [0.1, 0.15) is 0 Å². The summed E-state index contributed by atoms with van der Waals surface area (Å²) < 4.78 is 10.9. The molecule has 33 heavy (non-hydrogen) atoms. The Kier molecular flexibility index (Phi) is 5.44. The van der Waals surface area contributed by atoms with E-state index in [0.29, 0.717) is 34.0 Å². The van der Waals surface area contributed by atoms with Crippen molar-refractivity contribution >= 4 is 34.8 Å². The summed E-state index contributed by atoms with van der Waals surface area (Å²) >= 11 is 0. The smallest absolute Gasteiger partial charge is 0.255 e. The highest BCUT2D eigenvalue weighted by atomic mass is 16.7. The quantitative estimate of drug-likeness (QED) is 0.304. The average Bonchev–Trinajstić information content (AvgIpc) is 3.51. The van der Waals surface area contributed by atoms with Gasteiger partial charge in [0.15, 0.2) is 11.5 Å². The molecule has 0 aromatic heterocycles. The zero-order chi connectivity index (χ0) is 22.8. The number of nitrogen functional groups attached to an aromatic ring is 1. The van der Waals surface area contributed by atoms with Gasteiger partial charge >= 0.3 is 0 Å². The summed E-state index contributed by atoms with van der Waals surface area (Å²) in [5.41, 5.74) is 9.51. The molecule has 1 aliphatic carbocycles. The lowest BCUT2D eigenvalue weighted by Gasteiger charge is -2.11. The lowest BCUT2D eigenvalue weighted by atomic mass is 10.0. The molecule has 0 bridgehead atoms. The van der Waals surface area contributed by atoms with Crippen LogP contribution in [0.4, 0.5) is 11.4 Å². The number of ether oxygens (including phenoxy) is 2. The van der Waals surface area contributed by atoms with Crippen LogP contribution in [0, 0.1) is 0 Å². The van der Waals surface area contributed by atoms with E-state index in [1.165, 1.54) is 0 Å². The largest absolute Gasteiger partial charge is 0.454 e. The summed E-state index contributed by atoms with van der Waals surface area (Å²) in [7, 11) is 0. The van der Waals surface area contributed by atoms with E-state index in [1.54, 1.807) is 42.5 Å². The molecule has 7 nitrogen and oxygen atoms in total. The third kappa shape index (κ3) is 4.67. The van der Waals surface area contributed by atoms with Crippen molar-refractivity contribution < 1.29 is 19.1 Å². The van der Waals surface area contributed by atoms with Crippen molar-refractivity contribution in [3.8, 4) is 11.5 Å². The third-order valence-electron chi connectivity index (χ3n) is 5.53. The first kappa shape index (κ1) is 20.6. The molecule has 166 valence electrons. The highest BCUT2D eigenvalue weighted by Gasteiger charge is 2.26. The maximum absolute atomic E-state index is 13.0. The van der Waals surface area contributed by atoms with Crippen molar-refractivity contribution in [1.29, 1.82) is 0 Å². The topological polar surface area (TPSA) is 103 Å². The molecule has 1 fully saturated rings. The molecule has 1 aliphatic heterocycles. The molecule has 0 unspecified atom stereocenters. The van der Waals surface area contributed by atoms with Crippen molar-refractivity contribution in [2.24, 2.45) is 0 Å². The normalized spacial score (nSPS) is 14.6. The van der Waals surface area contributed by atoms with Crippen LogP contribution in [0.1, 0.15) is 34.3 Å². The number of para-hydroxylation sites is 2. The number of hydrogen-bond donors (Lipinski definition) is 3. The number of anilines is 2. The van der Waals surface area contributed by atoms with Crippen LogP contribution in [-0.2, 0) is 4.79 Å². The zero-order valence-corrected chi connectivity index (χ0v) is 17.8. The molecule has 7 heteroatoms. The summed E-state index contributed by atoms with van der Waals surface area (Å²) in [6.45, 7) is 0.171. The molecule has 1 heterocycles. The summed E-state index contributed by atoms with van der Waals surface area (Å²) in [6.07, 6.45) is 3.80. The van der Waals surface area contributed by atoms with Gasteiger partial charge in [0.2, 0.25) is 6.79 Å². The van der Waals surface area contributed by atoms with Crippen LogP contribution in [0.15, 0.2) is 66.7 Å². The van der Waals surface area contributed by atoms with E-state index in [4.69, 9.17) is 15.2 Å². The summed E-state index contributed by atoms with van der Waals surface area (Å²) in [4.78, 5) is 25.6. The van der Waals surface area contributed by atoms with Crippen LogP contribution in [0.5, 0.6) is 11.5 Å². The number of nitrogens with two attached hydrogens (primary N) is 1. The minimum Gasteiger partial charge on any atom is -0.454 e. The van der Waals surface area contributed by atoms with Crippen molar-refractivity contribution in [2.45, 2.75) is 18.9 Å². The van der Waals surface area contributed by atoms with E-state index in [1.807, 2.05) is 30.3 Å². The number of carbonyl (C=O) groups is 2. The van der Waals surface area contributed by atoms with Gasteiger partial charge in [-0.3, -0.25) is 9.59 Å². The second-order valence-electron chi connectivity index (χ2n) is 8.04. The van der Waals surface area contributed by atoms with Gasteiger partial charge in [0, 0.05) is 17.2 Å². The van der Waals surface area contributed by atoms with E-state index < -0.39 is 0 Å². The molecule has 0 spiro atoms. The minimum absolute atomic E-state index is 0.141. The summed E-state index contributed by atoms with van der Waals surface area (Å²) in [6, 6.07) is 19.8. The van der Waals surface area contributed by atoms with Crippen LogP contribution in [-0.4, -0.2) is 24.6 Å². The number of hydrogen-bond acceptors (Lipinski definition) is 5. The Hall–Kier alpha value is -4.26. The fourth-order valence-electron chi connectivity index (χ4n) is 3.54. The van der Waals surface area contributed by atoms with Crippen LogP contribution in [0.3, 0.4) is 0 Å². The third-order valence-corrected chi connectivity index (χ3v) is 5.53. The Balaban J connectivity index is 1.39. The van der Waals surface area contributed by atoms with Crippen LogP contribution in [0.25, 0.3) is 11.6 Å². The van der Waals surface area contributed by atoms with Gasteiger partial charge in [-0.15, -0.1) is 0 Å². The van der Waals surface area contributed by atoms with Gasteiger partial charge in [0.25, 0.3) is 11.8 Å². The van der Waals surface area contributed by atoms with Crippen molar-refractivity contribution in [2.75, 3.05) is 17.8 Å². The van der Waals surface area contributed by atoms with Gasteiger partial charge in [-0.25, -0.2) is 0 Å². The number of fused-ring (bicyclic) bond motifs is 1. The monoisotopic (exact) mass is 441 g/mol. The van der Waals surface area contributed by atoms with Crippen LogP contribution >= 0.6 is 0 Å². The summed E-state index contributed by atoms with van der Waals surface area (Å²) in [5.74, 6) is 0.878. The lowest BCUT2D eigenvalue weighted by molar-refractivity contribution is -0.115. The molecular weight excluding hydrogens is 418 g/mol. The van der Waals surface area contributed by atoms with Crippen molar-refractivity contribution in [1.82, 2.24) is 5.32 Å². The molecule has 0 radical (unpaired) electrons. The van der Waals surface area contributed by atoms with E-state index in [-0.39, 0.29) is 24.6 Å². The molecular formula is C26H23N3O4. The maximum Gasteiger partial charge on any atom is 0.255 e. The Morgan fingerprint density at radius 2 is 1.64 bits per heavy atom. The van der Waals surface area contributed by atoms with E-state index in [9.17, 15) is 9.59 Å². The summed E-state index contributed by atoms with van der Waals surface area (Å²) in [5, 5.41) is 5.86. The fraction of sp³-hybridized carbons (Fsp3) is 0.154. The van der Waals surface area contributed by atoms with Crippen LogP contribution < -0.4 is 25.8 Å². The standard InChI is InChI=1S/C26H23N3O4/c27-21-3-1-2-4-22(21)29-25(30)17-7-5-16(6-8-17)13-20(26(31)28-19-10-11-19)18-9-12-23-24(14-18)33-15-32-23/h1-9,12-14,19H,10-11,15,27H2,(H,28,31)(H,29,30)/b20-13-. The van der Waals surface area contributed by atoms with Crippen molar-refractivity contribution in [3.63, 3.8) is 0 Å². The molecule has 3 aromatic rings. The first-order chi connectivity index (χ1) is 16.1. The van der Waals surface area contributed by atoms with Crippen LogP contribution in [0.2, 0.25) is 0 Å². The first-order valence-corrected chi connectivity index (χ1v) is 10.8. The van der Waals surface area contributed by atoms with Crippen molar-refractivity contribution in [3.05, 3.63) is 83.4 Å². The zero-order valence-electron chi connectivity index (χ0n) is 17.8. The Morgan fingerprint density at radius 1 is 0.909 bits per heavy atom. The minimum atomic E-state index is -0.258. The maximum atomic E-state index is 13.0. The molecule has 1 saturated carbocycles. The predicted molar refractivity (Wildman–Crippen MR) is 127 cm³/mol.